The molecule has 122 valence electrons. The van der Waals surface area contributed by atoms with Gasteiger partial charge in [0.2, 0.25) is 5.91 Å². The third kappa shape index (κ3) is 4.50. The summed E-state index contributed by atoms with van der Waals surface area (Å²) >= 11 is 0. The largest absolute Gasteiger partial charge is 0.344 e. The fourth-order valence-electron chi connectivity index (χ4n) is 2.21. The van der Waals surface area contributed by atoms with Crippen molar-refractivity contribution in [2.24, 2.45) is 0 Å². The molecule has 0 saturated carbocycles. The van der Waals surface area contributed by atoms with Crippen molar-refractivity contribution >= 4 is 23.4 Å². The van der Waals surface area contributed by atoms with Crippen LogP contribution in [0.3, 0.4) is 0 Å². The van der Waals surface area contributed by atoms with Crippen LogP contribution in [-0.4, -0.2) is 28.7 Å². The molecule has 2 rings (SSSR count). The first kappa shape index (κ1) is 16.4. The number of nitro groups is 1. The van der Waals surface area contributed by atoms with E-state index in [2.05, 4.69) is 16.2 Å². The van der Waals surface area contributed by atoms with Crippen LogP contribution >= 0.6 is 0 Å². The summed E-state index contributed by atoms with van der Waals surface area (Å²) in [7, 11) is 0. The quantitative estimate of drug-likeness (QED) is 0.548. The standard InChI is InChI=1S/C14H16N4O5/c19-12-7-2-1-6-11(15-12)14(21)17-16-13(20)9-4-3-5-10(8-9)18(22)23/h3-5,8,11H,1-2,6-7H2,(H,15,19)(H,16,20)(H,17,21). The Balaban J connectivity index is 1.93. The highest BCUT2D eigenvalue weighted by Gasteiger charge is 2.23. The van der Waals surface area contributed by atoms with Crippen molar-refractivity contribution in [2.75, 3.05) is 0 Å². The van der Waals surface area contributed by atoms with E-state index in [4.69, 9.17) is 0 Å². The molecule has 1 atom stereocenters. The number of hydrogen-bond donors (Lipinski definition) is 3. The van der Waals surface area contributed by atoms with E-state index in [1.165, 1.54) is 18.2 Å². The second-order valence-corrected chi connectivity index (χ2v) is 5.12. The van der Waals surface area contributed by atoms with Gasteiger partial charge in [0.1, 0.15) is 6.04 Å². The number of non-ortho nitro benzene ring substituents is 1. The van der Waals surface area contributed by atoms with Gasteiger partial charge in [-0.1, -0.05) is 12.5 Å². The summed E-state index contributed by atoms with van der Waals surface area (Å²) in [4.78, 5) is 45.3. The zero-order chi connectivity index (χ0) is 16.8. The topological polar surface area (TPSA) is 130 Å². The SMILES string of the molecule is O=C1CCCCC(C(=O)NNC(=O)c2cccc([N+](=O)[O-])c2)N1. The summed E-state index contributed by atoms with van der Waals surface area (Å²) in [5.41, 5.74) is 4.23. The number of carbonyl (C=O) groups excluding carboxylic acids is 3. The Morgan fingerprint density at radius 1 is 1.26 bits per heavy atom. The molecule has 0 aliphatic carbocycles. The molecule has 0 aromatic heterocycles. The fraction of sp³-hybridized carbons (Fsp3) is 0.357. The summed E-state index contributed by atoms with van der Waals surface area (Å²) < 4.78 is 0. The number of hydrazine groups is 1. The van der Waals surface area contributed by atoms with Crippen molar-refractivity contribution in [3.63, 3.8) is 0 Å². The number of nitrogens with one attached hydrogen (secondary N) is 3. The number of amides is 3. The molecule has 0 bridgehead atoms. The first-order valence-corrected chi connectivity index (χ1v) is 7.11. The average molecular weight is 320 g/mol. The smallest absolute Gasteiger partial charge is 0.270 e. The van der Waals surface area contributed by atoms with Crippen LogP contribution in [0.25, 0.3) is 0 Å². The van der Waals surface area contributed by atoms with E-state index in [-0.39, 0.29) is 17.2 Å². The third-order valence-electron chi connectivity index (χ3n) is 3.42. The van der Waals surface area contributed by atoms with Crippen molar-refractivity contribution in [3.05, 3.63) is 39.9 Å². The number of hydrogen-bond acceptors (Lipinski definition) is 5. The van der Waals surface area contributed by atoms with E-state index in [9.17, 15) is 24.5 Å². The number of carbonyl (C=O) groups is 3. The van der Waals surface area contributed by atoms with Crippen molar-refractivity contribution in [2.45, 2.75) is 31.7 Å². The second-order valence-electron chi connectivity index (χ2n) is 5.12. The predicted octanol–water partition coefficient (Wildman–Crippen LogP) is 0.415. The van der Waals surface area contributed by atoms with Crippen LogP contribution in [0.4, 0.5) is 5.69 Å². The zero-order valence-corrected chi connectivity index (χ0v) is 12.2. The van der Waals surface area contributed by atoms with E-state index in [1.54, 1.807) is 0 Å². The van der Waals surface area contributed by atoms with Crippen molar-refractivity contribution in [3.8, 4) is 0 Å². The maximum Gasteiger partial charge on any atom is 0.270 e. The molecular weight excluding hydrogens is 304 g/mol. The first-order valence-electron chi connectivity index (χ1n) is 7.11. The van der Waals surface area contributed by atoms with E-state index in [0.717, 1.165) is 18.9 Å². The first-order chi connectivity index (χ1) is 11.0. The van der Waals surface area contributed by atoms with Gasteiger partial charge >= 0.3 is 0 Å². The Kier molecular flexibility index (Phi) is 5.23. The Morgan fingerprint density at radius 3 is 2.78 bits per heavy atom. The number of benzene rings is 1. The lowest BCUT2D eigenvalue weighted by Crippen LogP contribution is -2.51. The molecule has 3 amide bonds. The molecule has 0 spiro atoms. The lowest BCUT2D eigenvalue weighted by molar-refractivity contribution is -0.384. The highest BCUT2D eigenvalue weighted by molar-refractivity contribution is 5.96. The maximum absolute atomic E-state index is 12.0. The van der Waals surface area contributed by atoms with Gasteiger partial charge in [-0.25, -0.2) is 0 Å². The number of nitrogens with zero attached hydrogens (tertiary/aromatic N) is 1. The van der Waals surface area contributed by atoms with Crippen LogP contribution in [0.2, 0.25) is 0 Å². The average Bonchev–Trinajstić information content (AvgIpc) is 2.77. The highest BCUT2D eigenvalue weighted by atomic mass is 16.6. The van der Waals surface area contributed by atoms with Crippen LogP contribution < -0.4 is 16.2 Å². The molecule has 0 radical (unpaired) electrons. The molecule has 23 heavy (non-hydrogen) atoms. The van der Waals surface area contributed by atoms with E-state index >= 15 is 0 Å². The Hall–Kier alpha value is -2.97. The summed E-state index contributed by atoms with van der Waals surface area (Å²) in [6.45, 7) is 0. The summed E-state index contributed by atoms with van der Waals surface area (Å²) in [6, 6.07) is 4.43. The van der Waals surface area contributed by atoms with Gasteiger partial charge in [0.25, 0.3) is 17.5 Å². The predicted molar refractivity (Wildman–Crippen MR) is 79.1 cm³/mol. The van der Waals surface area contributed by atoms with Gasteiger partial charge in [-0.3, -0.25) is 35.3 Å². The monoisotopic (exact) mass is 320 g/mol. The van der Waals surface area contributed by atoms with Crippen molar-refractivity contribution in [1.82, 2.24) is 16.2 Å². The van der Waals surface area contributed by atoms with Gasteiger partial charge in [0.15, 0.2) is 0 Å². The van der Waals surface area contributed by atoms with Gasteiger partial charge in [-0.05, 0) is 18.9 Å². The van der Waals surface area contributed by atoms with Gasteiger partial charge in [-0.2, -0.15) is 0 Å². The molecule has 1 saturated heterocycles. The van der Waals surface area contributed by atoms with E-state index in [1.807, 2.05) is 0 Å². The number of nitro benzene ring substituents is 1. The molecule has 9 nitrogen and oxygen atoms in total. The van der Waals surface area contributed by atoms with E-state index < -0.39 is 22.8 Å². The van der Waals surface area contributed by atoms with Crippen LogP contribution in [0, 0.1) is 10.1 Å². The van der Waals surface area contributed by atoms with Crippen molar-refractivity contribution in [1.29, 1.82) is 0 Å². The van der Waals surface area contributed by atoms with Crippen LogP contribution in [0.15, 0.2) is 24.3 Å². The van der Waals surface area contributed by atoms with E-state index in [0.29, 0.717) is 12.8 Å². The van der Waals surface area contributed by atoms with Crippen LogP contribution in [0.1, 0.15) is 36.0 Å². The highest BCUT2D eigenvalue weighted by Crippen LogP contribution is 2.13. The number of rotatable bonds is 3. The van der Waals surface area contributed by atoms with Crippen LogP contribution in [0.5, 0.6) is 0 Å². The molecule has 3 N–H and O–H groups in total. The summed E-state index contributed by atoms with van der Waals surface area (Å²) in [5, 5.41) is 13.3. The minimum atomic E-state index is -0.699. The van der Waals surface area contributed by atoms with Crippen molar-refractivity contribution < 1.29 is 19.3 Å². The van der Waals surface area contributed by atoms with Gasteiger partial charge in [-0.15, -0.1) is 0 Å². The maximum atomic E-state index is 12.0. The molecule has 1 fully saturated rings. The minimum absolute atomic E-state index is 0.0457. The molecule has 1 aliphatic heterocycles. The fourth-order valence-corrected chi connectivity index (χ4v) is 2.21. The molecular formula is C14H16N4O5. The molecule has 1 aliphatic rings. The van der Waals surface area contributed by atoms with Gasteiger partial charge < -0.3 is 5.32 Å². The Morgan fingerprint density at radius 2 is 2.04 bits per heavy atom. The Labute approximate surface area is 131 Å². The lowest BCUT2D eigenvalue weighted by Gasteiger charge is -2.16. The van der Waals surface area contributed by atoms with Crippen LogP contribution in [-0.2, 0) is 9.59 Å². The molecule has 1 heterocycles. The van der Waals surface area contributed by atoms with Gasteiger partial charge in [0, 0.05) is 24.1 Å². The Bertz CT molecular complexity index is 646. The second kappa shape index (κ2) is 7.34. The molecule has 1 unspecified atom stereocenters. The molecule has 9 heteroatoms. The van der Waals surface area contributed by atoms with Gasteiger partial charge in [0.05, 0.1) is 4.92 Å². The zero-order valence-electron chi connectivity index (χ0n) is 12.2. The summed E-state index contributed by atoms with van der Waals surface area (Å²) in [6.07, 6.45) is 2.32. The third-order valence-corrected chi connectivity index (χ3v) is 3.42. The summed E-state index contributed by atoms with van der Waals surface area (Å²) in [5.74, 6) is -1.41. The minimum Gasteiger partial charge on any atom is -0.344 e. The lowest BCUT2D eigenvalue weighted by atomic mass is 10.1. The normalized spacial score (nSPS) is 17.6. The molecule has 1 aromatic rings. The molecule has 1 aromatic carbocycles.